The summed E-state index contributed by atoms with van der Waals surface area (Å²) in [5.41, 5.74) is 0.874. The van der Waals surface area contributed by atoms with Gasteiger partial charge in [0.05, 0.1) is 17.9 Å². The van der Waals surface area contributed by atoms with Crippen LogP contribution in [0, 0.1) is 13.8 Å². The first-order chi connectivity index (χ1) is 9.65. The number of rotatable bonds is 2. The molecule has 0 radical (unpaired) electrons. The molecule has 2 aromatic heterocycles. The monoisotopic (exact) mass is 289 g/mol. The number of likely N-dealkylation sites (tertiary alicyclic amines) is 1. The Morgan fingerprint density at radius 2 is 2.30 bits per heavy atom. The number of amides is 1. The molecule has 20 heavy (non-hydrogen) atoms. The van der Waals surface area contributed by atoms with E-state index in [9.17, 15) is 4.79 Å². The number of hydrogen-bond donors (Lipinski definition) is 0. The Morgan fingerprint density at radius 1 is 1.45 bits per heavy atom. The van der Waals surface area contributed by atoms with Crippen molar-refractivity contribution in [2.75, 3.05) is 13.1 Å². The molecule has 5 heteroatoms. The van der Waals surface area contributed by atoms with Gasteiger partial charge in [-0.3, -0.25) is 4.79 Å². The zero-order valence-electron chi connectivity index (χ0n) is 11.9. The Bertz CT molecular complexity index is 603. The highest BCUT2D eigenvalue weighted by Crippen LogP contribution is 2.26. The van der Waals surface area contributed by atoms with Crippen LogP contribution in [0.5, 0.6) is 0 Å². The van der Waals surface area contributed by atoms with Gasteiger partial charge in [-0.25, -0.2) is 4.98 Å². The van der Waals surface area contributed by atoms with E-state index in [1.165, 1.54) is 4.88 Å². The quantitative estimate of drug-likeness (QED) is 0.852. The highest BCUT2D eigenvalue weighted by Gasteiger charge is 2.26. The minimum atomic E-state index is 0.177. The van der Waals surface area contributed by atoms with Gasteiger partial charge in [0, 0.05) is 35.2 Å². The predicted molar refractivity (Wildman–Crippen MR) is 80.2 cm³/mol. The summed E-state index contributed by atoms with van der Waals surface area (Å²) in [5.74, 6) is 0.177. The third kappa shape index (κ3) is 2.50. The number of carbonyl (C=O) groups is 1. The van der Waals surface area contributed by atoms with E-state index in [4.69, 9.17) is 0 Å². The van der Waals surface area contributed by atoms with Crippen molar-refractivity contribution in [1.82, 2.24) is 14.5 Å². The van der Waals surface area contributed by atoms with Gasteiger partial charge in [0.25, 0.3) is 5.91 Å². The summed E-state index contributed by atoms with van der Waals surface area (Å²) < 4.78 is 2.12. The van der Waals surface area contributed by atoms with Crippen molar-refractivity contribution in [3.63, 3.8) is 0 Å². The van der Waals surface area contributed by atoms with E-state index in [1.807, 2.05) is 30.4 Å². The number of aryl methyl sites for hydroxylation is 2. The average molecular weight is 289 g/mol. The molecule has 0 aromatic carbocycles. The molecule has 0 saturated carbocycles. The molecule has 1 saturated heterocycles. The lowest BCUT2D eigenvalue weighted by molar-refractivity contribution is 0.0679. The minimum Gasteiger partial charge on any atom is -0.337 e. The molecular weight excluding hydrogens is 270 g/mol. The molecular formula is C15H19N3OS. The van der Waals surface area contributed by atoms with E-state index in [0.29, 0.717) is 6.04 Å². The molecule has 1 atom stereocenters. The van der Waals surface area contributed by atoms with E-state index in [0.717, 1.165) is 36.4 Å². The molecule has 1 fully saturated rings. The highest BCUT2D eigenvalue weighted by atomic mass is 32.1. The van der Waals surface area contributed by atoms with Crippen LogP contribution in [0.1, 0.15) is 39.0 Å². The lowest BCUT2D eigenvalue weighted by Crippen LogP contribution is -2.40. The first-order valence-corrected chi connectivity index (χ1v) is 7.80. The molecule has 1 aliphatic rings. The fourth-order valence-corrected chi connectivity index (χ4v) is 3.80. The maximum Gasteiger partial charge on any atom is 0.255 e. The molecule has 2 aromatic rings. The third-order valence-corrected chi connectivity index (χ3v) is 4.87. The van der Waals surface area contributed by atoms with Gasteiger partial charge in [0.15, 0.2) is 0 Å². The topological polar surface area (TPSA) is 38.1 Å². The summed E-state index contributed by atoms with van der Waals surface area (Å²) in [6.45, 7) is 5.73. The molecule has 4 nitrogen and oxygen atoms in total. The van der Waals surface area contributed by atoms with Crippen LogP contribution in [0.4, 0.5) is 0 Å². The Labute approximate surface area is 123 Å². The van der Waals surface area contributed by atoms with E-state index in [-0.39, 0.29) is 5.91 Å². The molecule has 0 unspecified atom stereocenters. The van der Waals surface area contributed by atoms with E-state index >= 15 is 0 Å². The van der Waals surface area contributed by atoms with Gasteiger partial charge in [-0.1, -0.05) is 0 Å². The van der Waals surface area contributed by atoms with Gasteiger partial charge in [0.2, 0.25) is 0 Å². The third-order valence-electron chi connectivity index (χ3n) is 3.90. The number of thiophene rings is 1. The lowest BCUT2D eigenvalue weighted by Gasteiger charge is -2.33. The Kier molecular flexibility index (Phi) is 3.61. The molecule has 0 aliphatic carbocycles. The Morgan fingerprint density at radius 3 is 2.95 bits per heavy atom. The van der Waals surface area contributed by atoms with Crippen LogP contribution >= 0.6 is 11.3 Å². The normalized spacial score (nSPS) is 19.3. The number of aromatic nitrogens is 2. The van der Waals surface area contributed by atoms with Gasteiger partial charge in [-0.05, 0) is 32.8 Å². The molecule has 106 valence electrons. The summed E-state index contributed by atoms with van der Waals surface area (Å²) in [4.78, 5) is 21.1. The summed E-state index contributed by atoms with van der Waals surface area (Å²) in [6.07, 6.45) is 7.79. The van der Waals surface area contributed by atoms with Crippen LogP contribution in [-0.2, 0) is 0 Å². The molecule has 1 amide bonds. The standard InChI is InChI=1S/C15H19N3OS/c1-11-8-14(12(2)20-11)15(19)17-6-3-4-13(9-17)18-7-5-16-10-18/h5,7-8,10,13H,3-4,6,9H2,1-2H3/t13-/m1/s1. The first-order valence-electron chi connectivity index (χ1n) is 6.99. The van der Waals surface area contributed by atoms with Gasteiger partial charge in [-0.15, -0.1) is 11.3 Å². The minimum absolute atomic E-state index is 0.177. The SMILES string of the molecule is Cc1cc(C(=O)N2CCC[C@@H](n3ccnc3)C2)c(C)s1. The zero-order chi connectivity index (χ0) is 14.1. The van der Waals surface area contributed by atoms with Crippen molar-refractivity contribution < 1.29 is 4.79 Å². The first kappa shape index (κ1) is 13.4. The Hall–Kier alpha value is -1.62. The van der Waals surface area contributed by atoms with Crippen molar-refractivity contribution in [3.05, 3.63) is 40.1 Å². The number of nitrogens with zero attached hydrogens (tertiary/aromatic N) is 3. The summed E-state index contributed by atoms with van der Waals surface area (Å²) in [6, 6.07) is 2.37. The van der Waals surface area contributed by atoms with Gasteiger partial charge >= 0.3 is 0 Å². The van der Waals surface area contributed by atoms with Crippen LogP contribution < -0.4 is 0 Å². The molecule has 0 spiro atoms. The number of hydrogen-bond acceptors (Lipinski definition) is 3. The van der Waals surface area contributed by atoms with Crippen molar-refractivity contribution in [3.8, 4) is 0 Å². The fourth-order valence-electron chi connectivity index (χ4n) is 2.88. The van der Waals surface area contributed by atoms with E-state index in [2.05, 4.69) is 16.5 Å². The summed E-state index contributed by atoms with van der Waals surface area (Å²) in [5, 5.41) is 0. The van der Waals surface area contributed by atoms with Crippen LogP contribution in [0.15, 0.2) is 24.8 Å². The van der Waals surface area contributed by atoms with E-state index in [1.54, 1.807) is 17.5 Å². The summed E-state index contributed by atoms with van der Waals surface area (Å²) >= 11 is 1.70. The van der Waals surface area contributed by atoms with Gasteiger partial charge in [0.1, 0.15) is 0 Å². The number of imidazole rings is 1. The van der Waals surface area contributed by atoms with Gasteiger partial charge < -0.3 is 9.47 Å². The van der Waals surface area contributed by atoms with E-state index < -0.39 is 0 Å². The smallest absolute Gasteiger partial charge is 0.255 e. The molecule has 1 aliphatic heterocycles. The average Bonchev–Trinajstić information content (AvgIpc) is 3.08. The number of piperidine rings is 1. The maximum absolute atomic E-state index is 12.7. The molecule has 0 bridgehead atoms. The molecule has 3 rings (SSSR count). The Balaban J connectivity index is 1.77. The van der Waals surface area contributed by atoms with Crippen LogP contribution in [0.2, 0.25) is 0 Å². The zero-order valence-corrected chi connectivity index (χ0v) is 12.7. The van der Waals surface area contributed by atoms with Crippen molar-refractivity contribution >= 4 is 17.2 Å². The molecule has 0 N–H and O–H groups in total. The second-order valence-corrected chi connectivity index (χ2v) is 6.84. The second kappa shape index (κ2) is 5.40. The highest BCUT2D eigenvalue weighted by molar-refractivity contribution is 7.12. The largest absolute Gasteiger partial charge is 0.337 e. The fraction of sp³-hybridized carbons (Fsp3) is 0.467. The van der Waals surface area contributed by atoms with Crippen molar-refractivity contribution in [2.45, 2.75) is 32.7 Å². The lowest BCUT2D eigenvalue weighted by atomic mass is 10.0. The van der Waals surface area contributed by atoms with Crippen LogP contribution in [0.25, 0.3) is 0 Å². The molecule has 3 heterocycles. The summed E-state index contributed by atoms with van der Waals surface area (Å²) in [7, 11) is 0. The van der Waals surface area contributed by atoms with Crippen molar-refractivity contribution in [2.24, 2.45) is 0 Å². The van der Waals surface area contributed by atoms with Crippen LogP contribution in [0.3, 0.4) is 0 Å². The predicted octanol–water partition coefficient (Wildman–Crippen LogP) is 3.04. The second-order valence-electron chi connectivity index (χ2n) is 5.38. The number of carbonyl (C=O) groups excluding carboxylic acids is 1. The van der Waals surface area contributed by atoms with Gasteiger partial charge in [-0.2, -0.15) is 0 Å². The van der Waals surface area contributed by atoms with Crippen molar-refractivity contribution in [1.29, 1.82) is 0 Å². The maximum atomic E-state index is 12.7. The van der Waals surface area contributed by atoms with Crippen LogP contribution in [-0.4, -0.2) is 33.4 Å².